The molecule has 5 rings (SSSR count). The largest absolute Gasteiger partial charge is 0.290 e. The molecule has 130 valence electrons. The fourth-order valence-electron chi connectivity index (χ4n) is 2.91. The number of anilines is 2. The third-order valence-electron chi connectivity index (χ3n) is 4.18. The molecule has 0 spiro atoms. The first kappa shape index (κ1) is 15.1. The average molecular weight is 368 g/mol. The highest BCUT2D eigenvalue weighted by molar-refractivity contribution is 6.29. The van der Waals surface area contributed by atoms with E-state index in [0.29, 0.717) is 17.5 Å². The first-order valence-electron chi connectivity index (χ1n) is 7.94. The van der Waals surface area contributed by atoms with Gasteiger partial charge in [0.1, 0.15) is 10.8 Å². The van der Waals surface area contributed by atoms with Crippen LogP contribution in [0, 0.1) is 0 Å². The van der Waals surface area contributed by atoms with Gasteiger partial charge in [-0.25, -0.2) is 15.0 Å². The van der Waals surface area contributed by atoms with E-state index in [-0.39, 0.29) is 0 Å². The van der Waals surface area contributed by atoms with E-state index in [4.69, 9.17) is 16.6 Å². The summed E-state index contributed by atoms with van der Waals surface area (Å²) in [7, 11) is 1.87. The van der Waals surface area contributed by atoms with Crippen molar-refractivity contribution in [2.45, 2.75) is 6.54 Å². The minimum atomic E-state index is 0.577. The van der Waals surface area contributed by atoms with Gasteiger partial charge < -0.3 is 0 Å². The maximum atomic E-state index is 6.16. The molecule has 0 atom stereocenters. The first-order chi connectivity index (χ1) is 12.7. The Bertz CT molecular complexity index is 1120. The Balaban J connectivity index is 1.47. The van der Waals surface area contributed by atoms with E-state index >= 15 is 0 Å². The van der Waals surface area contributed by atoms with E-state index in [1.807, 2.05) is 41.0 Å². The predicted molar refractivity (Wildman–Crippen MR) is 97.4 cm³/mol. The van der Waals surface area contributed by atoms with Gasteiger partial charge in [0.25, 0.3) is 0 Å². The van der Waals surface area contributed by atoms with E-state index in [1.165, 1.54) is 0 Å². The second kappa shape index (κ2) is 5.68. The fraction of sp³-hybridized carbons (Fsp3) is 0.125. The summed E-state index contributed by atoms with van der Waals surface area (Å²) in [5.41, 5.74) is 9.67. The number of nitrogens with zero attached hydrogens (tertiary/aromatic N) is 7. The van der Waals surface area contributed by atoms with Gasteiger partial charge in [0.2, 0.25) is 0 Å². The molecule has 0 saturated carbocycles. The molecular weight excluding hydrogens is 354 g/mol. The van der Waals surface area contributed by atoms with Crippen molar-refractivity contribution in [3.63, 3.8) is 0 Å². The molecule has 26 heavy (non-hydrogen) atoms. The summed E-state index contributed by atoms with van der Waals surface area (Å²) in [5.74, 6) is 1.41. The van der Waals surface area contributed by atoms with E-state index in [2.05, 4.69) is 26.0 Å². The van der Waals surface area contributed by atoms with Crippen molar-refractivity contribution >= 4 is 28.9 Å². The molecule has 0 bridgehead atoms. The predicted octanol–water partition coefficient (Wildman–Crippen LogP) is 2.03. The zero-order valence-electron chi connectivity index (χ0n) is 13.8. The van der Waals surface area contributed by atoms with Gasteiger partial charge in [0.05, 0.1) is 30.8 Å². The zero-order valence-corrected chi connectivity index (χ0v) is 14.5. The maximum Gasteiger partial charge on any atom is 0.190 e. The second-order valence-electron chi connectivity index (χ2n) is 6.00. The van der Waals surface area contributed by atoms with Crippen LogP contribution in [0.5, 0.6) is 0 Å². The Morgan fingerprint density at radius 1 is 1.12 bits per heavy atom. The topological polar surface area (TPSA) is 88.2 Å². The van der Waals surface area contributed by atoms with Gasteiger partial charge in [0.15, 0.2) is 11.6 Å². The normalized spacial score (nSPS) is 13.2. The Morgan fingerprint density at radius 2 is 2.04 bits per heavy atom. The van der Waals surface area contributed by atoms with Crippen molar-refractivity contribution < 1.29 is 0 Å². The van der Waals surface area contributed by atoms with Crippen molar-refractivity contribution in [1.82, 2.24) is 34.7 Å². The Kier molecular flexibility index (Phi) is 3.30. The molecule has 0 radical (unpaired) electrons. The van der Waals surface area contributed by atoms with Crippen molar-refractivity contribution in [1.29, 1.82) is 0 Å². The summed E-state index contributed by atoms with van der Waals surface area (Å²) in [4.78, 5) is 13.4. The van der Waals surface area contributed by atoms with Crippen LogP contribution in [0.15, 0.2) is 43.1 Å². The summed E-state index contributed by atoms with van der Waals surface area (Å²) < 4.78 is 3.58. The van der Waals surface area contributed by atoms with Crippen molar-refractivity contribution in [2.24, 2.45) is 7.05 Å². The molecule has 0 amide bonds. The van der Waals surface area contributed by atoms with Crippen LogP contribution in [0.3, 0.4) is 0 Å². The third kappa shape index (κ3) is 2.45. The maximum absolute atomic E-state index is 6.16. The van der Waals surface area contributed by atoms with Crippen molar-refractivity contribution in [2.75, 3.05) is 10.4 Å². The second-order valence-corrected chi connectivity index (χ2v) is 6.39. The van der Waals surface area contributed by atoms with Gasteiger partial charge >= 0.3 is 0 Å². The average Bonchev–Trinajstić information content (AvgIpc) is 3.35. The summed E-state index contributed by atoms with van der Waals surface area (Å²) >= 11 is 6.16. The quantitative estimate of drug-likeness (QED) is 0.572. The molecule has 0 unspecified atom stereocenters. The van der Waals surface area contributed by atoms with Gasteiger partial charge in [0, 0.05) is 25.0 Å². The molecule has 4 aromatic heterocycles. The van der Waals surface area contributed by atoms with E-state index in [9.17, 15) is 0 Å². The highest BCUT2D eigenvalue weighted by Gasteiger charge is 2.23. The third-order valence-corrected chi connectivity index (χ3v) is 4.46. The molecule has 0 fully saturated rings. The number of hydrogen-bond donors (Lipinski definition) is 2. The summed E-state index contributed by atoms with van der Waals surface area (Å²) in [6.45, 7) is 0.579. The smallest absolute Gasteiger partial charge is 0.190 e. The zero-order chi connectivity index (χ0) is 17.7. The highest BCUT2D eigenvalue weighted by Crippen LogP contribution is 2.28. The van der Waals surface area contributed by atoms with Crippen LogP contribution >= 0.6 is 11.6 Å². The van der Waals surface area contributed by atoms with Crippen LogP contribution in [0.25, 0.3) is 16.9 Å². The number of rotatable bonds is 3. The standard InChI is InChI=1S/C16H14ClN9/c1-24-9-11(4-20-24)12-5-19-15-16(21-12)26(23-22-15)8-10-2-3-14-18-6-13(17)25(14)7-10/h2-7,9,23H,8H2,1H3,(H,19,22). The molecule has 0 aromatic carbocycles. The molecule has 1 aliphatic heterocycles. The van der Waals surface area contributed by atoms with Gasteiger partial charge in [-0.15, -0.1) is 5.53 Å². The number of aryl methyl sites for hydroxylation is 1. The number of fused-ring (bicyclic) bond motifs is 2. The number of hydrogen-bond acceptors (Lipinski definition) is 7. The molecular formula is C16H14ClN9. The number of nitrogens with one attached hydrogen (secondary N) is 2. The fourth-order valence-corrected chi connectivity index (χ4v) is 3.09. The summed E-state index contributed by atoms with van der Waals surface area (Å²) in [6, 6.07) is 3.94. The number of aromatic nitrogens is 6. The van der Waals surface area contributed by atoms with Crippen LogP contribution in [-0.4, -0.2) is 29.1 Å². The summed E-state index contributed by atoms with van der Waals surface area (Å²) in [6.07, 6.45) is 9.00. The Labute approximate surface area is 153 Å². The molecule has 2 N–H and O–H groups in total. The molecule has 1 aliphatic rings. The van der Waals surface area contributed by atoms with Crippen molar-refractivity contribution in [3.05, 3.63) is 53.8 Å². The molecule has 10 heteroatoms. The van der Waals surface area contributed by atoms with Crippen LogP contribution in [-0.2, 0) is 13.6 Å². The van der Waals surface area contributed by atoms with Gasteiger partial charge in [-0.05, 0) is 11.6 Å². The van der Waals surface area contributed by atoms with Gasteiger partial charge in [-0.2, -0.15) is 5.10 Å². The SMILES string of the molecule is Cn1cc(-c2cnc3c(n2)N(Cc2ccc4ncc(Cl)n4c2)NN3)cn1. The minimum absolute atomic E-state index is 0.577. The molecule has 4 aromatic rings. The van der Waals surface area contributed by atoms with Gasteiger partial charge in [-0.1, -0.05) is 17.7 Å². The minimum Gasteiger partial charge on any atom is -0.290 e. The number of halogens is 1. The summed E-state index contributed by atoms with van der Waals surface area (Å²) in [5, 5.41) is 6.66. The monoisotopic (exact) mass is 367 g/mol. The number of hydrazine groups is 2. The van der Waals surface area contributed by atoms with Crippen LogP contribution in [0.4, 0.5) is 11.6 Å². The highest BCUT2D eigenvalue weighted by atomic mass is 35.5. The van der Waals surface area contributed by atoms with Crippen LogP contribution in [0.2, 0.25) is 5.15 Å². The lowest BCUT2D eigenvalue weighted by molar-refractivity contribution is 0.715. The Morgan fingerprint density at radius 3 is 2.88 bits per heavy atom. The number of pyridine rings is 1. The molecule has 5 heterocycles. The van der Waals surface area contributed by atoms with Crippen LogP contribution in [0.1, 0.15) is 5.56 Å². The van der Waals surface area contributed by atoms with Crippen LogP contribution < -0.4 is 16.0 Å². The molecule has 9 nitrogen and oxygen atoms in total. The van der Waals surface area contributed by atoms with E-state index in [0.717, 1.165) is 28.3 Å². The van der Waals surface area contributed by atoms with Crippen molar-refractivity contribution in [3.8, 4) is 11.3 Å². The van der Waals surface area contributed by atoms with Gasteiger partial charge in [-0.3, -0.25) is 19.5 Å². The van der Waals surface area contributed by atoms with E-state index < -0.39 is 0 Å². The van der Waals surface area contributed by atoms with E-state index in [1.54, 1.807) is 23.3 Å². The molecule has 0 saturated heterocycles. The Hall–Kier alpha value is -3.17. The first-order valence-corrected chi connectivity index (χ1v) is 8.32. The number of imidazole rings is 1. The lowest BCUT2D eigenvalue weighted by Crippen LogP contribution is -2.35. The lowest BCUT2D eigenvalue weighted by atomic mass is 10.2. The lowest BCUT2D eigenvalue weighted by Gasteiger charge is -2.17. The molecule has 0 aliphatic carbocycles.